The molecule has 0 aliphatic carbocycles. The van der Waals surface area contributed by atoms with E-state index in [0.717, 1.165) is 28.3 Å². The highest BCUT2D eigenvalue weighted by atomic mass is 35.5. The average Bonchev–Trinajstić information content (AvgIpc) is 2.60. The Kier molecular flexibility index (Phi) is 7.15. The number of ether oxygens (including phenoxy) is 1. The lowest BCUT2D eigenvalue weighted by molar-refractivity contribution is -0.118. The average molecular weight is 363 g/mol. The number of hydrazone groups is 1. The van der Waals surface area contributed by atoms with Gasteiger partial charge in [0.2, 0.25) is 5.91 Å². The van der Waals surface area contributed by atoms with Crippen LogP contribution in [0.2, 0.25) is 5.02 Å². The van der Waals surface area contributed by atoms with Gasteiger partial charge in [-0.3, -0.25) is 4.79 Å². The molecule has 0 aliphatic heterocycles. The second-order valence-corrected chi connectivity index (χ2v) is 6.51. The summed E-state index contributed by atoms with van der Waals surface area (Å²) in [5.74, 6) is 1.73. The summed E-state index contributed by atoms with van der Waals surface area (Å²) in [6, 6.07) is 15.1. The second kappa shape index (κ2) is 9.35. The molecule has 0 aliphatic rings. The molecule has 1 N–H and O–H groups in total. The predicted octanol–water partition coefficient (Wildman–Crippen LogP) is 4.12. The molecule has 2 rings (SSSR count). The maximum atomic E-state index is 11.9. The number of carbonyl (C=O) groups is 1. The van der Waals surface area contributed by atoms with Gasteiger partial charge in [0.05, 0.1) is 18.6 Å². The highest BCUT2D eigenvalue weighted by Gasteiger charge is 2.03. The molecule has 0 spiro atoms. The van der Waals surface area contributed by atoms with Crippen molar-refractivity contribution < 1.29 is 9.53 Å². The normalized spacial score (nSPS) is 11.2. The zero-order valence-electron chi connectivity index (χ0n) is 13.6. The summed E-state index contributed by atoms with van der Waals surface area (Å²) >= 11 is 7.45. The molecule has 2 aromatic carbocycles. The Bertz CT molecular complexity index is 717. The van der Waals surface area contributed by atoms with E-state index < -0.39 is 0 Å². The van der Waals surface area contributed by atoms with Gasteiger partial charge < -0.3 is 4.74 Å². The molecule has 2 aromatic rings. The Morgan fingerprint density at radius 2 is 2.00 bits per heavy atom. The Hall–Kier alpha value is -1.98. The Balaban J connectivity index is 1.78. The van der Waals surface area contributed by atoms with E-state index in [1.165, 1.54) is 11.8 Å². The topological polar surface area (TPSA) is 50.7 Å². The van der Waals surface area contributed by atoms with Crippen LogP contribution in [0.25, 0.3) is 0 Å². The second-order valence-electron chi connectivity index (χ2n) is 5.08. The van der Waals surface area contributed by atoms with Crippen molar-refractivity contribution in [2.24, 2.45) is 5.10 Å². The Morgan fingerprint density at radius 3 is 2.67 bits per heavy atom. The third-order valence-electron chi connectivity index (χ3n) is 3.25. The van der Waals surface area contributed by atoms with Crippen molar-refractivity contribution in [1.29, 1.82) is 0 Å². The highest BCUT2D eigenvalue weighted by molar-refractivity contribution is 7.99. The van der Waals surface area contributed by atoms with Gasteiger partial charge in [0.15, 0.2) is 0 Å². The van der Waals surface area contributed by atoms with Crippen LogP contribution in [0, 0.1) is 0 Å². The van der Waals surface area contributed by atoms with E-state index in [9.17, 15) is 4.79 Å². The number of benzene rings is 2. The van der Waals surface area contributed by atoms with Gasteiger partial charge in [0.25, 0.3) is 0 Å². The molecular formula is C18H19ClN2O2S. The van der Waals surface area contributed by atoms with Gasteiger partial charge >= 0.3 is 0 Å². The number of nitrogens with zero attached hydrogens (tertiary/aromatic N) is 1. The predicted molar refractivity (Wildman–Crippen MR) is 101 cm³/mol. The van der Waals surface area contributed by atoms with Gasteiger partial charge in [0.1, 0.15) is 5.75 Å². The van der Waals surface area contributed by atoms with Crippen molar-refractivity contribution in [3.8, 4) is 5.75 Å². The monoisotopic (exact) mass is 362 g/mol. The quantitative estimate of drug-likeness (QED) is 0.595. The van der Waals surface area contributed by atoms with Crippen LogP contribution >= 0.6 is 23.4 Å². The third kappa shape index (κ3) is 5.91. The maximum Gasteiger partial charge on any atom is 0.250 e. The lowest BCUT2D eigenvalue weighted by Gasteiger charge is -2.05. The first-order chi connectivity index (χ1) is 11.6. The minimum absolute atomic E-state index is 0.130. The zero-order valence-corrected chi connectivity index (χ0v) is 15.2. The molecule has 1 amide bonds. The number of amides is 1. The molecule has 4 nitrogen and oxygen atoms in total. The molecule has 126 valence electrons. The largest absolute Gasteiger partial charge is 0.497 e. The number of methoxy groups -OCH3 is 1. The SMILES string of the molecule is COc1ccc(/C(C)=N\NC(=O)CSCc2cccc(Cl)c2)cc1. The van der Waals surface area contributed by atoms with E-state index >= 15 is 0 Å². The van der Waals surface area contributed by atoms with E-state index in [4.69, 9.17) is 16.3 Å². The van der Waals surface area contributed by atoms with Crippen LogP contribution in [0.3, 0.4) is 0 Å². The molecule has 0 fully saturated rings. The summed E-state index contributed by atoms with van der Waals surface area (Å²) < 4.78 is 5.11. The van der Waals surface area contributed by atoms with Crippen LogP contribution in [0.5, 0.6) is 5.75 Å². The molecule has 0 saturated carbocycles. The maximum absolute atomic E-state index is 11.9. The molecule has 0 bridgehead atoms. The summed E-state index contributed by atoms with van der Waals surface area (Å²) in [6.45, 7) is 1.85. The number of thioether (sulfide) groups is 1. The van der Waals surface area contributed by atoms with Crippen LogP contribution in [-0.4, -0.2) is 24.5 Å². The lowest BCUT2D eigenvalue weighted by Crippen LogP contribution is -2.21. The van der Waals surface area contributed by atoms with E-state index in [2.05, 4.69) is 10.5 Å². The van der Waals surface area contributed by atoms with Gasteiger partial charge in [-0.05, 0) is 54.4 Å². The van der Waals surface area contributed by atoms with E-state index in [0.29, 0.717) is 10.8 Å². The van der Waals surface area contributed by atoms with Gasteiger partial charge in [-0.25, -0.2) is 5.43 Å². The van der Waals surface area contributed by atoms with Crippen molar-refractivity contribution in [2.75, 3.05) is 12.9 Å². The Labute approximate surface area is 151 Å². The van der Waals surface area contributed by atoms with Gasteiger partial charge in [0, 0.05) is 10.8 Å². The fourth-order valence-corrected chi connectivity index (χ4v) is 2.94. The van der Waals surface area contributed by atoms with E-state index in [1.54, 1.807) is 7.11 Å². The molecule has 0 atom stereocenters. The summed E-state index contributed by atoms with van der Waals surface area (Å²) in [4.78, 5) is 11.9. The van der Waals surface area contributed by atoms with E-state index in [1.807, 2.05) is 55.5 Å². The first-order valence-electron chi connectivity index (χ1n) is 7.38. The molecule has 0 unspecified atom stereocenters. The molecule has 0 radical (unpaired) electrons. The van der Waals surface area contributed by atoms with Crippen LogP contribution in [-0.2, 0) is 10.5 Å². The summed E-state index contributed by atoms with van der Waals surface area (Å²) in [5.41, 5.74) is 5.35. The first kappa shape index (κ1) is 18.4. The van der Waals surface area contributed by atoms with Crippen molar-refractivity contribution in [2.45, 2.75) is 12.7 Å². The fourth-order valence-electron chi connectivity index (χ4n) is 1.96. The van der Waals surface area contributed by atoms with E-state index in [-0.39, 0.29) is 5.91 Å². The van der Waals surface area contributed by atoms with Crippen LogP contribution in [0.15, 0.2) is 53.6 Å². The Morgan fingerprint density at radius 1 is 1.25 bits per heavy atom. The number of hydrogen-bond donors (Lipinski definition) is 1. The number of hydrogen-bond acceptors (Lipinski definition) is 4. The van der Waals surface area contributed by atoms with Crippen LogP contribution < -0.4 is 10.2 Å². The smallest absolute Gasteiger partial charge is 0.250 e. The van der Waals surface area contributed by atoms with Crippen molar-refractivity contribution in [3.05, 3.63) is 64.7 Å². The molecule has 0 heterocycles. The van der Waals surface area contributed by atoms with Crippen molar-refractivity contribution >= 4 is 35.0 Å². The first-order valence-corrected chi connectivity index (χ1v) is 8.91. The van der Waals surface area contributed by atoms with Crippen molar-refractivity contribution in [3.63, 3.8) is 0 Å². The highest BCUT2D eigenvalue weighted by Crippen LogP contribution is 2.16. The van der Waals surface area contributed by atoms with Crippen molar-refractivity contribution in [1.82, 2.24) is 5.43 Å². The van der Waals surface area contributed by atoms with Gasteiger partial charge in [-0.15, -0.1) is 11.8 Å². The number of rotatable bonds is 7. The number of carbonyl (C=O) groups excluding carboxylic acids is 1. The van der Waals surface area contributed by atoms with Crippen LogP contribution in [0.4, 0.5) is 0 Å². The molecule has 6 heteroatoms. The molecule has 24 heavy (non-hydrogen) atoms. The molecule has 0 aromatic heterocycles. The minimum Gasteiger partial charge on any atom is -0.497 e. The zero-order chi connectivity index (χ0) is 17.4. The van der Waals surface area contributed by atoms with Gasteiger partial charge in [-0.2, -0.15) is 5.10 Å². The molecule has 0 saturated heterocycles. The fraction of sp³-hybridized carbons (Fsp3) is 0.222. The molecular weight excluding hydrogens is 344 g/mol. The lowest BCUT2D eigenvalue weighted by atomic mass is 10.1. The number of halogens is 1. The number of nitrogens with one attached hydrogen (secondary N) is 1. The minimum atomic E-state index is -0.130. The summed E-state index contributed by atoms with van der Waals surface area (Å²) in [6.07, 6.45) is 0. The van der Waals surface area contributed by atoms with Gasteiger partial charge in [-0.1, -0.05) is 23.7 Å². The summed E-state index contributed by atoms with van der Waals surface area (Å²) in [5, 5.41) is 4.84. The van der Waals surface area contributed by atoms with Crippen LogP contribution in [0.1, 0.15) is 18.1 Å². The summed E-state index contributed by atoms with van der Waals surface area (Å²) in [7, 11) is 1.62. The standard InChI is InChI=1S/C18H19ClN2O2S/c1-13(15-6-8-17(23-2)9-7-15)20-21-18(22)12-24-11-14-4-3-5-16(19)10-14/h3-10H,11-12H2,1-2H3,(H,21,22)/b20-13-. The third-order valence-corrected chi connectivity index (χ3v) is 4.49.